The summed E-state index contributed by atoms with van der Waals surface area (Å²) < 4.78 is 0. The fourth-order valence-electron chi connectivity index (χ4n) is 4.37. The van der Waals surface area contributed by atoms with Gasteiger partial charge in [0.1, 0.15) is 10.9 Å². The molecule has 164 valence electrons. The van der Waals surface area contributed by atoms with Crippen LogP contribution in [-0.4, -0.2) is 29.0 Å². The van der Waals surface area contributed by atoms with E-state index in [0.717, 1.165) is 44.1 Å². The molecule has 0 aliphatic heterocycles. The van der Waals surface area contributed by atoms with Gasteiger partial charge in [0.05, 0.1) is 11.3 Å². The lowest BCUT2D eigenvalue weighted by molar-refractivity contribution is 0.402. The summed E-state index contributed by atoms with van der Waals surface area (Å²) in [6.07, 6.45) is 3.62. The SMILES string of the molecule is Cc1cc(CN(C)C)cc(-c2cc3c(Nc4ccc5[nH]ccc5c4C)c(C#N)cnc3s2)c1. The molecular weight excluding hydrogens is 426 g/mol. The zero-order valence-electron chi connectivity index (χ0n) is 19.2. The maximum atomic E-state index is 9.81. The molecule has 0 saturated heterocycles. The largest absolute Gasteiger partial charge is 0.361 e. The van der Waals surface area contributed by atoms with Crippen molar-refractivity contribution in [2.45, 2.75) is 20.4 Å². The lowest BCUT2D eigenvalue weighted by Crippen LogP contribution is -2.10. The molecule has 0 amide bonds. The number of hydrogen-bond donors (Lipinski definition) is 2. The van der Waals surface area contributed by atoms with Crippen LogP contribution in [0.1, 0.15) is 22.3 Å². The second-order valence-corrected chi connectivity index (χ2v) is 9.77. The summed E-state index contributed by atoms with van der Waals surface area (Å²) in [7, 11) is 4.17. The highest BCUT2D eigenvalue weighted by molar-refractivity contribution is 7.22. The Hall–Kier alpha value is -3.66. The maximum Gasteiger partial charge on any atom is 0.126 e. The van der Waals surface area contributed by atoms with Gasteiger partial charge in [0.15, 0.2) is 0 Å². The van der Waals surface area contributed by atoms with E-state index in [1.54, 1.807) is 17.5 Å². The number of pyridine rings is 1. The van der Waals surface area contributed by atoms with Gasteiger partial charge in [-0.1, -0.05) is 17.7 Å². The zero-order chi connectivity index (χ0) is 23.1. The van der Waals surface area contributed by atoms with Crippen molar-refractivity contribution in [1.82, 2.24) is 14.9 Å². The minimum atomic E-state index is 0.540. The van der Waals surface area contributed by atoms with E-state index >= 15 is 0 Å². The third-order valence-electron chi connectivity index (χ3n) is 5.87. The fraction of sp³-hybridized carbons (Fsp3) is 0.185. The van der Waals surface area contributed by atoms with Gasteiger partial charge in [-0.25, -0.2) is 4.98 Å². The number of anilines is 2. The molecular formula is C27H25N5S. The van der Waals surface area contributed by atoms with Crippen LogP contribution >= 0.6 is 11.3 Å². The van der Waals surface area contributed by atoms with Gasteiger partial charge in [-0.15, -0.1) is 11.3 Å². The highest BCUT2D eigenvalue weighted by Crippen LogP contribution is 2.39. The van der Waals surface area contributed by atoms with Gasteiger partial charge < -0.3 is 15.2 Å². The van der Waals surface area contributed by atoms with Crippen molar-refractivity contribution in [3.05, 3.63) is 77.1 Å². The molecule has 3 heterocycles. The molecule has 5 nitrogen and oxygen atoms in total. The summed E-state index contributed by atoms with van der Waals surface area (Å²) in [5, 5.41) is 15.5. The van der Waals surface area contributed by atoms with Crippen LogP contribution in [0.25, 0.3) is 31.6 Å². The molecule has 5 rings (SSSR count). The highest BCUT2D eigenvalue weighted by Gasteiger charge is 2.16. The molecule has 2 aromatic carbocycles. The van der Waals surface area contributed by atoms with Gasteiger partial charge >= 0.3 is 0 Å². The van der Waals surface area contributed by atoms with Crippen LogP contribution < -0.4 is 5.32 Å². The lowest BCUT2D eigenvalue weighted by atomic mass is 10.0. The third-order valence-corrected chi connectivity index (χ3v) is 6.96. The Morgan fingerprint density at radius 2 is 1.94 bits per heavy atom. The number of hydrogen-bond acceptors (Lipinski definition) is 5. The van der Waals surface area contributed by atoms with Gasteiger partial charge in [-0.3, -0.25) is 0 Å². The number of thiophene rings is 1. The van der Waals surface area contributed by atoms with E-state index < -0.39 is 0 Å². The number of rotatable bonds is 5. The molecule has 0 unspecified atom stereocenters. The molecule has 0 fully saturated rings. The van der Waals surface area contributed by atoms with Crippen LogP contribution in [-0.2, 0) is 6.54 Å². The standard InChI is InChI=1S/C27H25N5S/c1-16-9-18(15-32(3)4)11-19(10-16)25-12-22-26(20(13-28)14-30-27(22)33-25)31-23-5-6-24-21(17(23)2)7-8-29-24/h5-12,14,29H,15H2,1-4H3,(H,30,31). The van der Waals surface area contributed by atoms with Gasteiger partial charge in [-0.2, -0.15) is 5.26 Å². The summed E-state index contributed by atoms with van der Waals surface area (Å²) in [5.41, 5.74) is 8.29. The monoisotopic (exact) mass is 451 g/mol. The quantitative estimate of drug-likeness (QED) is 0.311. The second-order valence-electron chi connectivity index (χ2n) is 8.74. The summed E-state index contributed by atoms with van der Waals surface area (Å²) in [4.78, 5) is 12.1. The minimum Gasteiger partial charge on any atom is -0.361 e. The number of nitrogens with one attached hydrogen (secondary N) is 2. The molecule has 6 heteroatoms. The average molecular weight is 452 g/mol. The Bertz CT molecular complexity index is 1530. The molecule has 33 heavy (non-hydrogen) atoms. The molecule has 0 aliphatic carbocycles. The third kappa shape index (κ3) is 3.97. The smallest absolute Gasteiger partial charge is 0.126 e. The Kier molecular flexibility index (Phi) is 5.37. The van der Waals surface area contributed by atoms with Crippen LogP contribution in [0, 0.1) is 25.2 Å². The van der Waals surface area contributed by atoms with E-state index in [0.29, 0.717) is 5.56 Å². The second kappa shape index (κ2) is 8.36. The number of aromatic amines is 1. The first-order valence-corrected chi connectivity index (χ1v) is 11.7. The number of benzene rings is 2. The topological polar surface area (TPSA) is 67.7 Å². The predicted molar refractivity (Wildman–Crippen MR) is 138 cm³/mol. The van der Waals surface area contributed by atoms with Crippen molar-refractivity contribution in [1.29, 1.82) is 5.26 Å². The highest BCUT2D eigenvalue weighted by atomic mass is 32.1. The van der Waals surface area contributed by atoms with E-state index in [-0.39, 0.29) is 0 Å². The molecule has 0 bridgehead atoms. The van der Waals surface area contributed by atoms with E-state index in [9.17, 15) is 5.26 Å². The summed E-state index contributed by atoms with van der Waals surface area (Å²) in [6, 6.07) is 17.4. The van der Waals surface area contributed by atoms with E-state index in [4.69, 9.17) is 0 Å². The van der Waals surface area contributed by atoms with Crippen LogP contribution in [0.3, 0.4) is 0 Å². The van der Waals surface area contributed by atoms with Gasteiger partial charge in [-0.05, 0) is 75.0 Å². The van der Waals surface area contributed by atoms with Crippen molar-refractivity contribution in [3.63, 3.8) is 0 Å². The molecule has 0 aliphatic rings. The first-order chi connectivity index (χ1) is 15.9. The molecule has 2 N–H and O–H groups in total. The lowest BCUT2D eigenvalue weighted by Gasteiger charge is -2.13. The summed E-state index contributed by atoms with van der Waals surface area (Å²) in [6.45, 7) is 5.13. The summed E-state index contributed by atoms with van der Waals surface area (Å²) >= 11 is 1.66. The van der Waals surface area contributed by atoms with Crippen molar-refractivity contribution < 1.29 is 0 Å². The van der Waals surface area contributed by atoms with Gasteiger partial charge in [0, 0.05) is 45.8 Å². The van der Waals surface area contributed by atoms with Crippen LogP contribution in [0.2, 0.25) is 0 Å². The molecule has 3 aromatic heterocycles. The van der Waals surface area contributed by atoms with E-state index in [2.05, 4.69) is 96.7 Å². The van der Waals surface area contributed by atoms with Crippen LogP contribution in [0.5, 0.6) is 0 Å². The first kappa shape index (κ1) is 21.2. The summed E-state index contributed by atoms with van der Waals surface area (Å²) in [5.74, 6) is 0. The molecule has 0 radical (unpaired) electrons. The Morgan fingerprint density at radius 1 is 1.09 bits per heavy atom. The molecule has 0 saturated carbocycles. The van der Waals surface area contributed by atoms with Gasteiger partial charge in [0.2, 0.25) is 0 Å². The Labute approximate surface area is 197 Å². The van der Waals surface area contributed by atoms with Crippen molar-refractivity contribution >= 4 is 43.8 Å². The zero-order valence-corrected chi connectivity index (χ0v) is 20.0. The number of fused-ring (bicyclic) bond motifs is 2. The van der Waals surface area contributed by atoms with E-state index in [1.165, 1.54) is 22.1 Å². The Morgan fingerprint density at radius 3 is 2.73 bits per heavy atom. The number of aromatic nitrogens is 2. The number of nitriles is 1. The fourth-order valence-corrected chi connectivity index (χ4v) is 5.36. The van der Waals surface area contributed by atoms with Crippen molar-refractivity contribution in [3.8, 4) is 16.5 Å². The van der Waals surface area contributed by atoms with Crippen molar-refractivity contribution in [2.24, 2.45) is 0 Å². The molecule has 0 spiro atoms. The number of H-pyrrole nitrogens is 1. The maximum absolute atomic E-state index is 9.81. The number of nitrogens with zero attached hydrogens (tertiary/aromatic N) is 3. The van der Waals surface area contributed by atoms with Crippen molar-refractivity contribution in [2.75, 3.05) is 19.4 Å². The first-order valence-electron chi connectivity index (χ1n) is 10.8. The van der Waals surface area contributed by atoms with Crippen LogP contribution in [0.4, 0.5) is 11.4 Å². The Balaban J connectivity index is 1.62. The minimum absolute atomic E-state index is 0.540. The molecule has 5 aromatic rings. The van der Waals surface area contributed by atoms with Crippen LogP contribution in [0.15, 0.2) is 54.9 Å². The average Bonchev–Trinajstić information content (AvgIpc) is 3.42. The predicted octanol–water partition coefficient (Wildman–Crippen LogP) is 6.74. The normalized spacial score (nSPS) is 11.4. The van der Waals surface area contributed by atoms with Gasteiger partial charge in [0.25, 0.3) is 0 Å². The number of aryl methyl sites for hydroxylation is 2. The molecule has 0 atom stereocenters. The van der Waals surface area contributed by atoms with E-state index in [1.807, 2.05) is 6.20 Å².